The highest BCUT2D eigenvalue weighted by Gasteiger charge is 2.60. The summed E-state index contributed by atoms with van der Waals surface area (Å²) in [4.78, 5) is 27.7. The molecule has 2 aromatic rings. The van der Waals surface area contributed by atoms with Crippen molar-refractivity contribution in [2.75, 3.05) is 21.3 Å². The molecule has 2 aliphatic heterocycles. The van der Waals surface area contributed by atoms with Crippen LogP contribution in [-0.4, -0.2) is 38.2 Å². The molecule has 0 N–H and O–H groups in total. The average molecular weight is 455 g/mol. The number of rotatable bonds is 4. The second-order valence-corrected chi connectivity index (χ2v) is 7.80. The summed E-state index contributed by atoms with van der Waals surface area (Å²) in [7, 11) is 3.91. The minimum Gasteiger partial charge on any atom is -0.497 e. The van der Waals surface area contributed by atoms with E-state index in [1.54, 1.807) is 42.6 Å². The van der Waals surface area contributed by atoms with E-state index < -0.39 is 29.3 Å². The van der Waals surface area contributed by atoms with Gasteiger partial charge in [-0.2, -0.15) is 10.5 Å². The first kappa shape index (κ1) is 22.6. The molecular formula is C26H21N3O5. The highest BCUT2D eigenvalue weighted by atomic mass is 16.5. The Morgan fingerprint density at radius 1 is 0.941 bits per heavy atom. The van der Waals surface area contributed by atoms with Crippen LogP contribution in [0.1, 0.15) is 28.7 Å². The Hall–Kier alpha value is -4.56. The molecule has 8 nitrogen and oxygen atoms in total. The second kappa shape index (κ2) is 8.76. The van der Waals surface area contributed by atoms with Crippen LogP contribution in [0.5, 0.6) is 5.75 Å². The fraction of sp³-hybridized carbons (Fsp3) is 0.231. The smallest absolute Gasteiger partial charge is 0.355 e. The third-order valence-corrected chi connectivity index (χ3v) is 6.28. The van der Waals surface area contributed by atoms with Gasteiger partial charge in [0.25, 0.3) is 0 Å². The van der Waals surface area contributed by atoms with Gasteiger partial charge >= 0.3 is 11.9 Å². The van der Waals surface area contributed by atoms with Crippen molar-refractivity contribution in [3.63, 3.8) is 0 Å². The van der Waals surface area contributed by atoms with Crippen molar-refractivity contribution in [1.29, 1.82) is 10.5 Å². The Bertz CT molecular complexity index is 1280. The third-order valence-electron chi connectivity index (χ3n) is 6.28. The van der Waals surface area contributed by atoms with Crippen LogP contribution in [0, 0.1) is 28.1 Å². The van der Waals surface area contributed by atoms with Gasteiger partial charge in [-0.1, -0.05) is 36.4 Å². The van der Waals surface area contributed by atoms with Crippen molar-refractivity contribution in [2.24, 2.45) is 5.41 Å². The van der Waals surface area contributed by atoms with E-state index in [0.717, 1.165) is 5.56 Å². The Morgan fingerprint density at radius 2 is 1.59 bits per heavy atom. The van der Waals surface area contributed by atoms with E-state index >= 15 is 0 Å². The van der Waals surface area contributed by atoms with Gasteiger partial charge in [-0.05, 0) is 34.9 Å². The summed E-state index contributed by atoms with van der Waals surface area (Å²) in [5.74, 6) is -2.17. The molecule has 2 aromatic carbocycles. The first-order chi connectivity index (χ1) is 16.5. The number of methoxy groups -OCH3 is 3. The molecule has 2 aliphatic rings. The summed E-state index contributed by atoms with van der Waals surface area (Å²) in [6.07, 6.45) is 3.35. The lowest BCUT2D eigenvalue weighted by Gasteiger charge is -2.49. The van der Waals surface area contributed by atoms with Crippen LogP contribution in [0.4, 0.5) is 0 Å². The SMILES string of the molecule is COC(=O)C1=C(C(=O)OC)N2C=Cc3ccccc3[C@H]2C(C#N)(C#N)[C@H]1c1ccc(OC)cc1. The number of fused-ring (bicyclic) bond motifs is 3. The topological polar surface area (TPSA) is 113 Å². The Labute approximate surface area is 196 Å². The van der Waals surface area contributed by atoms with E-state index in [-0.39, 0.29) is 11.3 Å². The normalized spacial score (nSPS) is 19.7. The zero-order valence-electron chi connectivity index (χ0n) is 18.8. The number of carbonyl (C=O) groups is 2. The average Bonchev–Trinajstić information content (AvgIpc) is 2.90. The molecule has 2 atom stereocenters. The van der Waals surface area contributed by atoms with E-state index in [0.29, 0.717) is 16.9 Å². The second-order valence-electron chi connectivity index (χ2n) is 7.80. The van der Waals surface area contributed by atoms with Gasteiger partial charge in [-0.3, -0.25) is 0 Å². The van der Waals surface area contributed by atoms with E-state index in [4.69, 9.17) is 14.2 Å². The van der Waals surface area contributed by atoms with Crippen LogP contribution in [0.25, 0.3) is 6.08 Å². The van der Waals surface area contributed by atoms with Gasteiger partial charge in [-0.25, -0.2) is 9.59 Å². The fourth-order valence-corrected chi connectivity index (χ4v) is 4.78. The molecule has 0 aliphatic carbocycles. The number of hydrogen-bond acceptors (Lipinski definition) is 8. The molecule has 0 fully saturated rings. The number of nitriles is 2. The van der Waals surface area contributed by atoms with Crippen LogP contribution in [0.2, 0.25) is 0 Å². The molecule has 0 spiro atoms. The minimum atomic E-state index is -1.80. The number of ether oxygens (including phenoxy) is 3. The first-order valence-corrected chi connectivity index (χ1v) is 10.4. The molecule has 0 unspecified atom stereocenters. The number of esters is 2. The van der Waals surface area contributed by atoms with Crippen LogP contribution in [0.3, 0.4) is 0 Å². The van der Waals surface area contributed by atoms with E-state index in [1.807, 2.05) is 18.2 Å². The zero-order valence-corrected chi connectivity index (χ0v) is 18.8. The van der Waals surface area contributed by atoms with Crippen LogP contribution in [-0.2, 0) is 19.1 Å². The summed E-state index contributed by atoms with van der Waals surface area (Å²) >= 11 is 0. The highest BCUT2D eigenvalue weighted by Crippen LogP contribution is 2.58. The molecule has 4 rings (SSSR count). The summed E-state index contributed by atoms with van der Waals surface area (Å²) in [5, 5.41) is 21.1. The Kier molecular flexibility index (Phi) is 5.83. The van der Waals surface area contributed by atoms with Gasteiger partial charge in [-0.15, -0.1) is 0 Å². The van der Waals surface area contributed by atoms with Gasteiger partial charge in [0.2, 0.25) is 0 Å². The summed E-state index contributed by atoms with van der Waals surface area (Å²) in [6, 6.07) is 17.5. The molecule has 170 valence electrons. The minimum absolute atomic E-state index is 0.0768. The lowest BCUT2D eigenvalue weighted by Crippen LogP contribution is -2.50. The lowest BCUT2D eigenvalue weighted by atomic mass is 9.60. The van der Waals surface area contributed by atoms with Gasteiger partial charge in [0, 0.05) is 6.20 Å². The monoisotopic (exact) mass is 455 g/mol. The predicted octanol–water partition coefficient (Wildman–Crippen LogP) is 3.45. The van der Waals surface area contributed by atoms with Crippen molar-refractivity contribution < 1.29 is 23.8 Å². The van der Waals surface area contributed by atoms with Crippen LogP contribution >= 0.6 is 0 Å². The van der Waals surface area contributed by atoms with Crippen molar-refractivity contribution in [1.82, 2.24) is 4.90 Å². The molecule has 2 heterocycles. The maximum Gasteiger partial charge on any atom is 0.355 e. The predicted molar refractivity (Wildman–Crippen MR) is 121 cm³/mol. The maximum atomic E-state index is 13.2. The summed E-state index contributed by atoms with van der Waals surface area (Å²) in [5.41, 5.74) is -0.0293. The largest absolute Gasteiger partial charge is 0.497 e. The summed E-state index contributed by atoms with van der Waals surface area (Å²) in [6.45, 7) is 0. The first-order valence-electron chi connectivity index (χ1n) is 10.4. The number of carbonyl (C=O) groups excluding carboxylic acids is 2. The molecule has 0 bridgehead atoms. The zero-order chi connectivity index (χ0) is 24.5. The molecule has 8 heteroatoms. The Balaban J connectivity index is 2.14. The number of nitrogens with zero attached hydrogens (tertiary/aromatic N) is 3. The molecule has 0 saturated heterocycles. The van der Waals surface area contributed by atoms with E-state index in [9.17, 15) is 20.1 Å². The number of hydrogen-bond donors (Lipinski definition) is 0. The van der Waals surface area contributed by atoms with E-state index in [1.165, 1.54) is 26.2 Å². The molecule has 0 radical (unpaired) electrons. The van der Waals surface area contributed by atoms with Gasteiger partial charge in [0.05, 0.1) is 51.0 Å². The molecule has 0 amide bonds. The molecule has 34 heavy (non-hydrogen) atoms. The Morgan fingerprint density at radius 3 is 2.18 bits per heavy atom. The van der Waals surface area contributed by atoms with E-state index in [2.05, 4.69) is 12.1 Å². The van der Waals surface area contributed by atoms with Crippen molar-refractivity contribution >= 4 is 18.0 Å². The molecule has 0 aromatic heterocycles. The van der Waals surface area contributed by atoms with Crippen molar-refractivity contribution in [3.05, 3.63) is 82.7 Å². The molecular weight excluding hydrogens is 434 g/mol. The van der Waals surface area contributed by atoms with Gasteiger partial charge in [0.1, 0.15) is 11.4 Å². The van der Waals surface area contributed by atoms with Crippen molar-refractivity contribution in [2.45, 2.75) is 12.0 Å². The number of benzene rings is 2. The lowest BCUT2D eigenvalue weighted by molar-refractivity contribution is -0.142. The summed E-state index contributed by atoms with van der Waals surface area (Å²) < 4.78 is 15.3. The fourth-order valence-electron chi connectivity index (χ4n) is 4.78. The van der Waals surface area contributed by atoms with Crippen LogP contribution < -0.4 is 4.74 Å². The highest BCUT2D eigenvalue weighted by molar-refractivity contribution is 6.02. The van der Waals surface area contributed by atoms with Crippen molar-refractivity contribution in [3.8, 4) is 17.9 Å². The van der Waals surface area contributed by atoms with Gasteiger partial charge < -0.3 is 19.1 Å². The van der Waals surface area contributed by atoms with Gasteiger partial charge in [0.15, 0.2) is 5.41 Å². The van der Waals surface area contributed by atoms with Crippen LogP contribution in [0.15, 0.2) is 66.0 Å². The quantitative estimate of drug-likeness (QED) is 0.644. The molecule has 0 saturated carbocycles. The third kappa shape index (κ3) is 3.20. The standard InChI is InChI=1S/C26H21N3O5/c1-32-18-10-8-17(9-11-18)21-20(24(30)33-2)22(25(31)34-3)29-13-12-16-6-4-5-7-19(16)23(29)26(21,14-27)15-28/h4-13,21,23H,1-3H3/t21-,23-/m0/s1. The maximum absolute atomic E-state index is 13.2.